The Morgan fingerprint density at radius 3 is 2.81 bits per heavy atom. The standard InChI is InChI=1S/C21H29N3O2/c1-17(25)19-11-14-24(16-19)21(23-13-10-20-8-5-15-26-20)22-12-9-18-6-3-2-4-7-18/h2-8,15,17,19,25H,9-14,16H2,1H3,(H,22,23). The molecule has 2 aromatic rings. The van der Waals surface area contributed by atoms with Gasteiger partial charge in [-0.1, -0.05) is 30.3 Å². The maximum absolute atomic E-state index is 9.88. The van der Waals surface area contributed by atoms with Gasteiger partial charge < -0.3 is 19.7 Å². The van der Waals surface area contributed by atoms with E-state index in [1.165, 1.54) is 5.56 Å². The number of nitrogens with one attached hydrogen (secondary N) is 1. The van der Waals surface area contributed by atoms with Gasteiger partial charge in [0, 0.05) is 38.5 Å². The average molecular weight is 355 g/mol. The van der Waals surface area contributed by atoms with Gasteiger partial charge in [0.1, 0.15) is 5.76 Å². The number of nitrogens with zero attached hydrogens (tertiary/aromatic N) is 2. The summed E-state index contributed by atoms with van der Waals surface area (Å²) in [7, 11) is 0. The van der Waals surface area contributed by atoms with Crippen molar-refractivity contribution >= 4 is 5.96 Å². The number of aliphatic imine (C=N–C) groups is 1. The highest BCUT2D eigenvalue weighted by molar-refractivity contribution is 5.80. The normalized spacial score (nSPS) is 18.9. The molecule has 140 valence electrons. The second-order valence-corrected chi connectivity index (χ2v) is 6.93. The Bertz CT molecular complexity index is 668. The monoisotopic (exact) mass is 355 g/mol. The Morgan fingerprint density at radius 1 is 1.27 bits per heavy atom. The number of benzene rings is 1. The van der Waals surface area contributed by atoms with E-state index in [1.807, 2.05) is 25.1 Å². The van der Waals surface area contributed by atoms with Crippen molar-refractivity contribution in [1.82, 2.24) is 10.2 Å². The minimum atomic E-state index is -0.270. The minimum absolute atomic E-state index is 0.270. The summed E-state index contributed by atoms with van der Waals surface area (Å²) in [5.41, 5.74) is 1.32. The van der Waals surface area contributed by atoms with Gasteiger partial charge in [0.15, 0.2) is 5.96 Å². The molecule has 26 heavy (non-hydrogen) atoms. The lowest BCUT2D eigenvalue weighted by atomic mass is 10.0. The van der Waals surface area contributed by atoms with Crippen LogP contribution in [0.1, 0.15) is 24.7 Å². The van der Waals surface area contributed by atoms with Crippen LogP contribution in [-0.2, 0) is 12.8 Å². The predicted octanol–water partition coefficient (Wildman–Crippen LogP) is 2.71. The molecule has 0 aliphatic carbocycles. The summed E-state index contributed by atoms with van der Waals surface area (Å²) in [4.78, 5) is 7.06. The molecule has 2 N–H and O–H groups in total. The highest BCUT2D eigenvalue weighted by atomic mass is 16.3. The van der Waals surface area contributed by atoms with E-state index >= 15 is 0 Å². The van der Waals surface area contributed by atoms with Crippen LogP contribution >= 0.6 is 0 Å². The smallest absolute Gasteiger partial charge is 0.193 e. The SMILES string of the molecule is CC(O)C1CCN(C(=NCCc2ccco2)NCCc2ccccc2)C1. The van der Waals surface area contributed by atoms with Gasteiger partial charge in [-0.2, -0.15) is 0 Å². The van der Waals surface area contributed by atoms with E-state index < -0.39 is 0 Å². The number of aliphatic hydroxyl groups excluding tert-OH is 1. The van der Waals surface area contributed by atoms with Gasteiger partial charge in [-0.3, -0.25) is 4.99 Å². The van der Waals surface area contributed by atoms with E-state index in [0.717, 1.165) is 50.6 Å². The van der Waals surface area contributed by atoms with E-state index in [2.05, 4.69) is 34.5 Å². The zero-order valence-corrected chi connectivity index (χ0v) is 15.5. The van der Waals surface area contributed by atoms with Crippen LogP contribution in [0, 0.1) is 5.92 Å². The zero-order valence-electron chi connectivity index (χ0n) is 15.5. The third-order valence-electron chi connectivity index (χ3n) is 4.95. The number of hydrogen-bond donors (Lipinski definition) is 2. The number of rotatable bonds is 7. The molecule has 0 saturated carbocycles. The Labute approximate surface area is 155 Å². The van der Waals surface area contributed by atoms with Crippen LogP contribution in [-0.4, -0.2) is 48.2 Å². The maximum atomic E-state index is 9.88. The topological polar surface area (TPSA) is 61.0 Å². The molecule has 0 bridgehead atoms. The summed E-state index contributed by atoms with van der Waals surface area (Å²) < 4.78 is 5.39. The summed E-state index contributed by atoms with van der Waals surface area (Å²) in [6.45, 7) is 5.21. The maximum Gasteiger partial charge on any atom is 0.193 e. The summed E-state index contributed by atoms with van der Waals surface area (Å²) in [5.74, 6) is 2.22. The number of hydrogen-bond acceptors (Lipinski definition) is 3. The first-order valence-electron chi connectivity index (χ1n) is 9.50. The second-order valence-electron chi connectivity index (χ2n) is 6.93. The van der Waals surface area contributed by atoms with Crippen LogP contribution in [0.4, 0.5) is 0 Å². The van der Waals surface area contributed by atoms with Crippen LogP contribution in [0.3, 0.4) is 0 Å². The second kappa shape index (κ2) is 9.43. The molecule has 1 fully saturated rings. The van der Waals surface area contributed by atoms with Crippen molar-refractivity contribution in [3.63, 3.8) is 0 Å². The molecule has 1 aromatic heterocycles. The average Bonchev–Trinajstić information content (AvgIpc) is 3.33. The quantitative estimate of drug-likeness (QED) is 0.592. The Kier molecular flexibility index (Phi) is 6.72. The molecule has 1 saturated heterocycles. The molecule has 2 atom stereocenters. The van der Waals surface area contributed by atoms with Crippen molar-refractivity contribution in [3.8, 4) is 0 Å². The Hall–Kier alpha value is -2.27. The van der Waals surface area contributed by atoms with E-state index in [0.29, 0.717) is 12.5 Å². The zero-order chi connectivity index (χ0) is 18.2. The number of aliphatic hydroxyl groups is 1. The van der Waals surface area contributed by atoms with Gasteiger partial charge in [0.05, 0.1) is 12.4 Å². The van der Waals surface area contributed by atoms with Gasteiger partial charge in [0.2, 0.25) is 0 Å². The highest BCUT2D eigenvalue weighted by Crippen LogP contribution is 2.19. The van der Waals surface area contributed by atoms with Crippen LogP contribution in [0.5, 0.6) is 0 Å². The largest absolute Gasteiger partial charge is 0.469 e. The molecule has 5 heteroatoms. The fourth-order valence-corrected chi connectivity index (χ4v) is 3.33. The minimum Gasteiger partial charge on any atom is -0.469 e. The first-order valence-corrected chi connectivity index (χ1v) is 9.50. The lowest BCUT2D eigenvalue weighted by Gasteiger charge is -2.23. The van der Waals surface area contributed by atoms with Crippen molar-refractivity contribution < 1.29 is 9.52 Å². The summed E-state index contributed by atoms with van der Waals surface area (Å²) in [6.07, 6.45) is 4.20. The molecule has 2 unspecified atom stereocenters. The third kappa shape index (κ3) is 5.36. The molecule has 1 aliphatic rings. The molecular formula is C21H29N3O2. The van der Waals surface area contributed by atoms with Gasteiger partial charge in [-0.25, -0.2) is 0 Å². The molecule has 2 heterocycles. The first-order chi connectivity index (χ1) is 12.7. The molecule has 1 aromatic carbocycles. The first kappa shape index (κ1) is 18.5. The highest BCUT2D eigenvalue weighted by Gasteiger charge is 2.27. The van der Waals surface area contributed by atoms with E-state index in [4.69, 9.17) is 9.41 Å². The van der Waals surface area contributed by atoms with Crippen molar-refractivity contribution in [3.05, 3.63) is 60.1 Å². The summed E-state index contributed by atoms with van der Waals surface area (Å²) in [6, 6.07) is 14.4. The molecule has 0 amide bonds. The van der Waals surface area contributed by atoms with E-state index in [9.17, 15) is 5.11 Å². The molecule has 0 spiro atoms. The van der Waals surface area contributed by atoms with Crippen LogP contribution in [0.15, 0.2) is 58.1 Å². The van der Waals surface area contributed by atoms with Crippen molar-refractivity contribution in [2.45, 2.75) is 32.3 Å². The fraction of sp³-hybridized carbons (Fsp3) is 0.476. The van der Waals surface area contributed by atoms with Gasteiger partial charge in [-0.05, 0) is 37.5 Å². The van der Waals surface area contributed by atoms with Crippen LogP contribution < -0.4 is 5.32 Å². The molecule has 0 radical (unpaired) electrons. The Balaban J connectivity index is 1.57. The van der Waals surface area contributed by atoms with Crippen molar-refractivity contribution in [2.24, 2.45) is 10.9 Å². The number of furan rings is 1. The van der Waals surface area contributed by atoms with Crippen molar-refractivity contribution in [2.75, 3.05) is 26.2 Å². The lowest BCUT2D eigenvalue weighted by Crippen LogP contribution is -2.41. The van der Waals surface area contributed by atoms with Gasteiger partial charge >= 0.3 is 0 Å². The third-order valence-corrected chi connectivity index (χ3v) is 4.95. The van der Waals surface area contributed by atoms with E-state index in [1.54, 1.807) is 6.26 Å². The van der Waals surface area contributed by atoms with E-state index in [-0.39, 0.29) is 6.10 Å². The molecular weight excluding hydrogens is 326 g/mol. The fourth-order valence-electron chi connectivity index (χ4n) is 3.33. The molecule has 1 aliphatic heterocycles. The molecule has 5 nitrogen and oxygen atoms in total. The lowest BCUT2D eigenvalue weighted by molar-refractivity contribution is 0.132. The van der Waals surface area contributed by atoms with Gasteiger partial charge in [0.25, 0.3) is 0 Å². The summed E-state index contributed by atoms with van der Waals surface area (Å²) in [5, 5.41) is 13.4. The van der Waals surface area contributed by atoms with Crippen molar-refractivity contribution in [1.29, 1.82) is 0 Å². The number of guanidine groups is 1. The summed E-state index contributed by atoms with van der Waals surface area (Å²) >= 11 is 0. The molecule has 3 rings (SSSR count). The Morgan fingerprint density at radius 2 is 2.12 bits per heavy atom. The number of likely N-dealkylation sites (tertiary alicyclic amines) is 1. The van der Waals surface area contributed by atoms with Crippen LogP contribution in [0.25, 0.3) is 0 Å². The van der Waals surface area contributed by atoms with Crippen LogP contribution in [0.2, 0.25) is 0 Å². The predicted molar refractivity (Wildman–Crippen MR) is 104 cm³/mol. The van der Waals surface area contributed by atoms with Gasteiger partial charge in [-0.15, -0.1) is 0 Å².